The van der Waals surface area contributed by atoms with E-state index in [2.05, 4.69) is 9.55 Å². The summed E-state index contributed by atoms with van der Waals surface area (Å²) in [6.07, 6.45) is 4.23. The Kier molecular flexibility index (Phi) is 4.24. The number of rotatable bonds is 6. The van der Waals surface area contributed by atoms with Crippen LogP contribution in [0, 0.1) is 12.8 Å². The van der Waals surface area contributed by atoms with Crippen LogP contribution in [0.5, 0.6) is 5.88 Å². The smallest absolute Gasteiger partial charge is 0.250 e. The number of carbonyl (C=O) groups is 1. The summed E-state index contributed by atoms with van der Waals surface area (Å²) in [6.45, 7) is 2.86. The summed E-state index contributed by atoms with van der Waals surface area (Å²) >= 11 is 1.56. The van der Waals surface area contributed by atoms with Crippen molar-refractivity contribution < 1.29 is 9.53 Å². The molecule has 3 heterocycles. The fourth-order valence-corrected chi connectivity index (χ4v) is 3.86. The molecule has 1 aliphatic rings. The third-order valence-electron chi connectivity index (χ3n) is 4.73. The van der Waals surface area contributed by atoms with Crippen LogP contribution in [0.3, 0.4) is 0 Å². The quantitative estimate of drug-likeness (QED) is 0.722. The fraction of sp³-hybridized carbons (Fsp3) is 0.316. The molecule has 134 valence electrons. The van der Waals surface area contributed by atoms with Crippen LogP contribution in [0.1, 0.15) is 28.9 Å². The van der Waals surface area contributed by atoms with E-state index in [0.717, 1.165) is 34.2 Å². The highest BCUT2D eigenvalue weighted by atomic mass is 32.1. The van der Waals surface area contributed by atoms with E-state index < -0.39 is 5.91 Å². The lowest BCUT2D eigenvalue weighted by Gasteiger charge is -2.09. The van der Waals surface area contributed by atoms with E-state index in [1.165, 1.54) is 12.8 Å². The number of pyridine rings is 1. The summed E-state index contributed by atoms with van der Waals surface area (Å²) in [7, 11) is 1.59. The van der Waals surface area contributed by atoms with Crippen LogP contribution >= 0.6 is 11.3 Å². The molecule has 2 N–H and O–H groups in total. The first-order valence-corrected chi connectivity index (χ1v) is 9.41. The van der Waals surface area contributed by atoms with E-state index in [0.29, 0.717) is 17.4 Å². The van der Waals surface area contributed by atoms with Gasteiger partial charge in [0.25, 0.3) is 5.91 Å². The molecule has 0 spiro atoms. The van der Waals surface area contributed by atoms with E-state index in [1.807, 2.05) is 30.5 Å². The number of primary amides is 1. The van der Waals surface area contributed by atoms with Gasteiger partial charge in [-0.25, -0.2) is 9.97 Å². The molecule has 26 heavy (non-hydrogen) atoms. The number of thiazole rings is 1. The third-order valence-corrected chi connectivity index (χ3v) is 5.62. The molecule has 7 heteroatoms. The Labute approximate surface area is 155 Å². The Balaban J connectivity index is 1.72. The molecule has 0 saturated heterocycles. The predicted molar refractivity (Wildman–Crippen MR) is 101 cm³/mol. The second-order valence-corrected chi connectivity index (χ2v) is 7.43. The number of methoxy groups -OCH3 is 1. The molecule has 0 radical (unpaired) electrons. The molecule has 1 aliphatic carbocycles. The summed E-state index contributed by atoms with van der Waals surface area (Å²) < 4.78 is 7.28. The van der Waals surface area contributed by atoms with Crippen LogP contribution in [0.15, 0.2) is 29.8 Å². The second-order valence-electron chi connectivity index (χ2n) is 6.57. The zero-order valence-electron chi connectivity index (χ0n) is 14.7. The molecule has 0 unspecified atom stereocenters. The number of ether oxygens (including phenoxy) is 1. The lowest BCUT2D eigenvalue weighted by Crippen LogP contribution is -2.12. The Morgan fingerprint density at radius 1 is 1.42 bits per heavy atom. The van der Waals surface area contributed by atoms with Gasteiger partial charge in [-0.05, 0) is 37.8 Å². The van der Waals surface area contributed by atoms with E-state index in [4.69, 9.17) is 15.5 Å². The molecule has 4 rings (SSSR count). The molecule has 1 amide bonds. The first kappa shape index (κ1) is 16.8. The van der Waals surface area contributed by atoms with Gasteiger partial charge in [0.15, 0.2) is 0 Å². The summed E-state index contributed by atoms with van der Waals surface area (Å²) in [5.74, 6) is 0.864. The fourth-order valence-electron chi connectivity index (χ4n) is 3.05. The first-order chi connectivity index (χ1) is 12.6. The van der Waals surface area contributed by atoms with Gasteiger partial charge in [-0.1, -0.05) is 0 Å². The van der Waals surface area contributed by atoms with Gasteiger partial charge in [-0.2, -0.15) is 0 Å². The first-order valence-electron chi connectivity index (χ1n) is 8.53. The number of nitrogens with two attached hydrogens (primary N) is 1. The van der Waals surface area contributed by atoms with Gasteiger partial charge in [0.05, 0.1) is 24.1 Å². The van der Waals surface area contributed by atoms with Crippen molar-refractivity contribution in [3.63, 3.8) is 0 Å². The van der Waals surface area contributed by atoms with Gasteiger partial charge in [0.2, 0.25) is 5.88 Å². The van der Waals surface area contributed by atoms with Crippen LogP contribution in [0.2, 0.25) is 0 Å². The third kappa shape index (κ3) is 3.10. The largest absolute Gasteiger partial charge is 0.481 e. The monoisotopic (exact) mass is 368 g/mol. The number of nitrogens with zero attached hydrogens (tertiary/aromatic N) is 3. The Morgan fingerprint density at radius 3 is 2.85 bits per heavy atom. The highest BCUT2D eigenvalue weighted by Gasteiger charge is 2.26. The molecular weight excluding hydrogens is 348 g/mol. The minimum absolute atomic E-state index is 0.395. The molecule has 0 aromatic carbocycles. The van der Waals surface area contributed by atoms with Crippen molar-refractivity contribution in [1.29, 1.82) is 0 Å². The maximum Gasteiger partial charge on any atom is 0.250 e. The lowest BCUT2D eigenvalue weighted by molar-refractivity contribution is 0.0999. The average Bonchev–Trinajstić information content (AvgIpc) is 3.22. The molecule has 0 atom stereocenters. The van der Waals surface area contributed by atoms with Gasteiger partial charge in [0, 0.05) is 35.4 Å². The zero-order valence-corrected chi connectivity index (χ0v) is 15.5. The van der Waals surface area contributed by atoms with Gasteiger partial charge in [0.1, 0.15) is 5.01 Å². The van der Waals surface area contributed by atoms with Crippen molar-refractivity contribution in [2.24, 2.45) is 11.7 Å². The molecule has 0 aliphatic heterocycles. The van der Waals surface area contributed by atoms with E-state index >= 15 is 0 Å². The van der Waals surface area contributed by atoms with Crippen molar-refractivity contribution in [2.45, 2.75) is 26.3 Å². The Hall–Kier alpha value is -2.67. The predicted octanol–water partition coefficient (Wildman–Crippen LogP) is 3.50. The highest BCUT2D eigenvalue weighted by Crippen LogP contribution is 2.36. The van der Waals surface area contributed by atoms with Gasteiger partial charge >= 0.3 is 0 Å². The van der Waals surface area contributed by atoms with Gasteiger partial charge in [-0.15, -0.1) is 11.3 Å². The summed E-state index contributed by atoms with van der Waals surface area (Å²) in [5.41, 5.74) is 9.79. The molecule has 0 bridgehead atoms. The number of hydrogen-bond donors (Lipinski definition) is 1. The average molecular weight is 368 g/mol. The maximum atomic E-state index is 11.8. The molecular formula is C19H20N4O2S. The number of amides is 1. The summed E-state index contributed by atoms with van der Waals surface area (Å²) in [5, 5.41) is 2.90. The van der Waals surface area contributed by atoms with E-state index in [-0.39, 0.29) is 0 Å². The summed E-state index contributed by atoms with van der Waals surface area (Å²) in [6, 6.07) is 5.63. The van der Waals surface area contributed by atoms with Crippen molar-refractivity contribution in [2.75, 3.05) is 7.11 Å². The van der Waals surface area contributed by atoms with Crippen molar-refractivity contribution in [3.8, 4) is 27.8 Å². The van der Waals surface area contributed by atoms with E-state index in [1.54, 1.807) is 24.6 Å². The summed E-state index contributed by atoms with van der Waals surface area (Å²) in [4.78, 5) is 20.8. The second kappa shape index (κ2) is 6.57. The minimum Gasteiger partial charge on any atom is -0.481 e. The van der Waals surface area contributed by atoms with Crippen LogP contribution in [-0.2, 0) is 6.54 Å². The highest BCUT2D eigenvalue weighted by molar-refractivity contribution is 7.13. The molecule has 6 nitrogen and oxygen atoms in total. The van der Waals surface area contributed by atoms with E-state index in [9.17, 15) is 4.79 Å². The lowest BCUT2D eigenvalue weighted by atomic mass is 10.2. The van der Waals surface area contributed by atoms with Gasteiger partial charge in [-0.3, -0.25) is 4.79 Å². The van der Waals surface area contributed by atoms with Crippen molar-refractivity contribution in [3.05, 3.63) is 41.0 Å². The number of aromatic nitrogens is 3. The SMILES string of the molecule is COc1ccc(-c2nc(-c3cc(C(N)=O)c(C)n3CC3CC3)cs2)cn1. The number of hydrogen-bond acceptors (Lipinski definition) is 5. The van der Waals surface area contributed by atoms with Crippen LogP contribution in [0.25, 0.3) is 22.0 Å². The molecule has 3 aromatic rings. The Bertz CT molecular complexity index is 955. The van der Waals surface area contributed by atoms with Crippen LogP contribution in [0.4, 0.5) is 0 Å². The molecule has 1 fully saturated rings. The van der Waals surface area contributed by atoms with Crippen LogP contribution in [-0.4, -0.2) is 27.6 Å². The van der Waals surface area contributed by atoms with Crippen LogP contribution < -0.4 is 10.5 Å². The number of carbonyl (C=O) groups excluding carboxylic acids is 1. The van der Waals surface area contributed by atoms with Gasteiger partial charge < -0.3 is 15.0 Å². The minimum atomic E-state index is -0.395. The zero-order chi connectivity index (χ0) is 18.3. The molecule has 3 aromatic heterocycles. The Morgan fingerprint density at radius 2 is 2.23 bits per heavy atom. The topological polar surface area (TPSA) is 83.0 Å². The normalized spacial score (nSPS) is 13.8. The van der Waals surface area contributed by atoms with Crippen molar-refractivity contribution in [1.82, 2.24) is 14.5 Å². The standard InChI is InChI=1S/C19H20N4O2S/c1-11-14(18(20)24)7-16(23(11)9-12-3-4-12)15-10-26-19(22-15)13-5-6-17(25-2)21-8-13/h5-8,10,12H,3-4,9H2,1-2H3,(H2,20,24). The maximum absolute atomic E-state index is 11.8. The van der Waals surface area contributed by atoms with Crippen molar-refractivity contribution >= 4 is 17.2 Å². The molecule has 1 saturated carbocycles.